The third kappa shape index (κ3) is 5.60. The molecule has 4 aromatic rings. The molecule has 0 unspecified atom stereocenters. The highest BCUT2D eigenvalue weighted by molar-refractivity contribution is 9.10. The predicted molar refractivity (Wildman–Crippen MR) is 146 cm³/mol. The molecular formula is C26H31BrFN5O2Si. The molecular weight excluding hydrogens is 541 g/mol. The van der Waals surface area contributed by atoms with Crippen molar-refractivity contribution in [2.75, 3.05) is 5.73 Å². The third-order valence-corrected chi connectivity index (χ3v) is 11.7. The summed E-state index contributed by atoms with van der Waals surface area (Å²) in [6.07, 6.45) is -0.891. The molecule has 0 saturated heterocycles. The van der Waals surface area contributed by atoms with Crippen molar-refractivity contribution in [1.82, 2.24) is 19.5 Å². The van der Waals surface area contributed by atoms with E-state index >= 15 is 0 Å². The van der Waals surface area contributed by atoms with E-state index in [1.807, 2.05) is 37.3 Å². The molecule has 0 aliphatic heterocycles. The number of nitrogen functional groups attached to an aromatic ring is 1. The van der Waals surface area contributed by atoms with Crippen molar-refractivity contribution in [3.05, 3.63) is 70.0 Å². The van der Waals surface area contributed by atoms with Gasteiger partial charge in [0, 0.05) is 5.56 Å². The van der Waals surface area contributed by atoms with E-state index in [0.29, 0.717) is 34.8 Å². The molecule has 7 nitrogen and oxygen atoms in total. The highest BCUT2D eigenvalue weighted by Crippen LogP contribution is 2.38. The normalized spacial score (nSPS) is 12.3. The van der Waals surface area contributed by atoms with Gasteiger partial charge in [0.1, 0.15) is 11.5 Å². The van der Waals surface area contributed by atoms with E-state index in [2.05, 4.69) is 76.9 Å². The lowest BCUT2D eigenvalue weighted by Crippen LogP contribution is -2.40. The van der Waals surface area contributed by atoms with Gasteiger partial charge in [-0.1, -0.05) is 45.0 Å². The third-order valence-electron chi connectivity index (χ3n) is 6.63. The highest BCUT2D eigenvalue weighted by Gasteiger charge is 2.37. The lowest BCUT2D eigenvalue weighted by molar-refractivity contribution is 0.272. The lowest BCUT2D eigenvalue weighted by Gasteiger charge is -2.36. The van der Waals surface area contributed by atoms with Crippen LogP contribution in [0.1, 0.15) is 37.5 Å². The predicted octanol–water partition coefficient (Wildman–Crippen LogP) is 6.98. The Kier molecular flexibility index (Phi) is 7.23. The molecule has 190 valence electrons. The number of nitrogens with zero attached hydrogens (tertiary/aromatic N) is 4. The first kappa shape index (κ1) is 26.2. The number of aryl methyl sites for hydroxylation is 1. The van der Waals surface area contributed by atoms with Crippen LogP contribution in [0.15, 0.2) is 47.2 Å². The van der Waals surface area contributed by atoms with Crippen molar-refractivity contribution < 1.29 is 13.6 Å². The van der Waals surface area contributed by atoms with Crippen LogP contribution in [0.2, 0.25) is 18.1 Å². The van der Waals surface area contributed by atoms with Gasteiger partial charge in [0.2, 0.25) is 0 Å². The van der Waals surface area contributed by atoms with Gasteiger partial charge in [-0.15, -0.1) is 0 Å². The fraction of sp³-hybridized carbons (Fsp3) is 0.346. The molecule has 0 spiro atoms. The van der Waals surface area contributed by atoms with Gasteiger partial charge in [-0.3, -0.25) is 4.57 Å². The van der Waals surface area contributed by atoms with Crippen LogP contribution in [0.4, 0.5) is 10.2 Å². The Balaban J connectivity index is 1.59. The van der Waals surface area contributed by atoms with Crippen molar-refractivity contribution in [2.24, 2.45) is 0 Å². The summed E-state index contributed by atoms with van der Waals surface area (Å²) in [5.41, 5.74) is 9.53. The number of hydrogen-bond donors (Lipinski definition) is 1. The van der Waals surface area contributed by atoms with E-state index in [0.717, 1.165) is 22.4 Å². The van der Waals surface area contributed by atoms with Gasteiger partial charge < -0.3 is 14.9 Å². The molecule has 2 aromatic heterocycles. The summed E-state index contributed by atoms with van der Waals surface area (Å²) >= 11 is 3.43. The molecule has 0 radical (unpaired) electrons. The Morgan fingerprint density at radius 3 is 2.56 bits per heavy atom. The van der Waals surface area contributed by atoms with Crippen LogP contribution in [-0.2, 0) is 17.6 Å². The van der Waals surface area contributed by atoms with Crippen LogP contribution in [0.25, 0.3) is 11.2 Å². The van der Waals surface area contributed by atoms with E-state index in [1.165, 1.54) is 0 Å². The van der Waals surface area contributed by atoms with Crippen LogP contribution >= 0.6 is 15.9 Å². The molecule has 0 fully saturated rings. The van der Waals surface area contributed by atoms with Gasteiger partial charge in [0.05, 0.1) is 13.2 Å². The molecule has 36 heavy (non-hydrogen) atoms. The summed E-state index contributed by atoms with van der Waals surface area (Å²) in [6, 6.07) is 13.9. The Bertz CT molecular complexity index is 1420. The van der Waals surface area contributed by atoms with Crippen molar-refractivity contribution in [3.8, 4) is 11.5 Å². The molecule has 10 heteroatoms. The first-order chi connectivity index (χ1) is 16.8. The van der Waals surface area contributed by atoms with E-state index in [9.17, 15) is 4.39 Å². The summed E-state index contributed by atoms with van der Waals surface area (Å²) in [5, 5.41) is 0.122. The summed E-state index contributed by atoms with van der Waals surface area (Å²) < 4.78 is 28.8. The average Bonchev–Trinajstić information content (AvgIpc) is 3.08. The van der Waals surface area contributed by atoms with E-state index < -0.39 is 14.4 Å². The zero-order chi connectivity index (χ0) is 26.3. The largest absolute Gasteiger partial charge is 0.457 e. The van der Waals surface area contributed by atoms with Crippen LogP contribution in [-0.4, -0.2) is 27.8 Å². The second-order valence-corrected chi connectivity index (χ2v) is 15.9. The molecule has 4 rings (SSSR count). The fourth-order valence-corrected chi connectivity index (χ4v) is 4.90. The SMILES string of the molecule is Cc1ccc(CO[Si](C)(C)C(C)(C)C)c(Oc2cccc(Cn3c(Br)nc4c(N)nc(F)nc43)c2)c1. The smallest absolute Gasteiger partial charge is 0.312 e. The maximum absolute atomic E-state index is 13.8. The van der Waals surface area contributed by atoms with E-state index in [4.69, 9.17) is 14.9 Å². The molecule has 0 bridgehead atoms. The minimum atomic E-state index is -1.91. The number of ether oxygens (including phenoxy) is 1. The molecule has 0 amide bonds. The average molecular weight is 573 g/mol. The molecule has 0 aliphatic carbocycles. The first-order valence-corrected chi connectivity index (χ1v) is 15.4. The molecule has 2 N–H and O–H groups in total. The molecule has 0 atom stereocenters. The van der Waals surface area contributed by atoms with Crippen LogP contribution in [0, 0.1) is 13.0 Å². The van der Waals surface area contributed by atoms with Gasteiger partial charge in [-0.25, -0.2) is 4.98 Å². The monoisotopic (exact) mass is 571 g/mol. The van der Waals surface area contributed by atoms with Gasteiger partial charge in [0.15, 0.2) is 30.0 Å². The van der Waals surface area contributed by atoms with Crippen LogP contribution in [0.5, 0.6) is 11.5 Å². The maximum Gasteiger partial charge on any atom is 0.312 e. The van der Waals surface area contributed by atoms with Crippen molar-refractivity contribution in [2.45, 2.75) is 59.0 Å². The Hall–Kier alpha value is -2.82. The number of imidazole rings is 1. The Morgan fingerprint density at radius 2 is 1.83 bits per heavy atom. The number of rotatable bonds is 7. The summed E-state index contributed by atoms with van der Waals surface area (Å²) in [4.78, 5) is 11.8. The summed E-state index contributed by atoms with van der Waals surface area (Å²) in [7, 11) is -1.91. The van der Waals surface area contributed by atoms with E-state index in [1.54, 1.807) is 4.57 Å². The Labute approximate surface area is 220 Å². The number of aromatic nitrogens is 4. The van der Waals surface area contributed by atoms with Gasteiger partial charge in [-0.05, 0) is 70.3 Å². The molecule has 0 saturated carbocycles. The number of anilines is 1. The second-order valence-electron chi connectivity index (χ2n) is 10.4. The highest BCUT2D eigenvalue weighted by atomic mass is 79.9. The van der Waals surface area contributed by atoms with Gasteiger partial charge >= 0.3 is 6.08 Å². The quantitative estimate of drug-likeness (QED) is 0.146. The summed E-state index contributed by atoms with van der Waals surface area (Å²) in [6.45, 7) is 14.1. The topological polar surface area (TPSA) is 88.1 Å². The zero-order valence-electron chi connectivity index (χ0n) is 21.4. The van der Waals surface area contributed by atoms with Crippen molar-refractivity contribution in [1.29, 1.82) is 0 Å². The number of hydrogen-bond acceptors (Lipinski definition) is 6. The minimum Gasteiger partial charge on any atom is -0.457 e. The molecule has 2 aromatic carbocycles. The number of benzene rings is 2. The fourth-order valence-electron chi connectivity index (χ4n) is 3.48. The van der Waals surface area contributed by atoms with Gasteiger partial charge in [-0.2, -0.15) is 14.4 Å². The second kappa shape index (κ2) is 9.91. The number of fused-ring (bicyclic) bond motifs is 1. The van der Waals surface area contributed by atoms with Gasteiger partial charge in [0.25, 0.3) is 0 Å². The first-order valence-electron chi connectivity index (χ1n) is 11.7. The lowest BCUT2D eigenvalue weighted by atomic mass is 10.1. The minimum absolute atomic E-state index is 0.000860. The van der Waals surface area contributed by atoms with Crippen LogP contribution < -0.4 is 10.5 Å². The zero-order valence-corrected chi connectivity index (χ0v) is 24.0. The molecule has 0 aliphatic rings. The number of halogens is 2. The number of nitrogens with two attached hydrogens (primary N) is 1. The molecule has 2 heterocycles. The standard InChI is InChI=1S/C26H31BrFN5O2Si/c1-16-10-11-18(15-34-36(5,6)26(2,3)4)20(12-16)35-19-9-7-8-17(13-19)14-33-23-21(30-24(33)27)22(29)31-25(28)32-23/h7-13H,14-15H2,1-6H3,(H2,29,31,32). The van der Waals surface area contributed by atoms with Crippen molar-refractivity contribution >= 4 is 41.2 Å². The van der Waals surface area contributed by atoms with Crippen molar-refractivity contribution in [3.63, 3.8) is 0 Å². The maximum atomic E-state index is 13.8. The summed E-state index contributed by atoms with van der Waals surface area (Å²) in [5.74, 6) is 1.45. The van der Waals surface area contributed by atoms with Crippen LogP contribution in [0.3, 0.4) is 0 Å². The Morgan fingerprint density at radius 1 is 1.08 bits per heavy atom. The van der Waals surface area contributed by atoms with E-state index in [-0.39, 0.29) is 10.9 Å².